The van der Waals surface area contributed by atoms with E-state index in [9.17, 15) is 18.0 Å². The topological polar surface area (TPSA) is 83.0 Å². The fraction of sp³-hybridized carbons (Fsp3) is 0.450. The Bertz CT molecular complexity index is 864. The van der Waals surface area contributed by atoms with Crippen molar-refractivity contribution >= 4 is 23.2 Å². The molecule has 1 amide bonds. The van der Waals surface area contributed by atoms with Crippen molar-refractivity contribution in [3.05, 3.63) is 52.5 Å². The Morgan fingerprint density at radius 2 is 1.90 bits per heavy atom. The normalized spacial score (nSPS) is 21.6. The summed E-state index contributed by atoms with van der Waals surface area (Å²) in [6.07, 6.45) is -4.86. The molecule has 4 rings (SSSR count). The number of carboxylic acids is 1. The van der Waals surface area contributed by atoms with Gasteiger partial charge in [0.1, 0.15) is 5.69 Å². The molecule has 168 valence electrons. The third-order valence-electron chi connectivity index (χ3n) is 5.03. The fourth-order valence-corrected chi connectivity index (χ4v) is 4.14. The standard InChI is InChI=1S/C18H21N3O2S.C2HF3O2/c22-18(16-12-24-13-19-16)21-6-7-23-17-11-20(9-15(17)10-21)8-14-4-2-1-3-5-14;3-2(4,5)1(6)7/h1-5,12-13,15,17H,6-11H2;(H,6,7)/t15-,17-;/m1./s1. The number of amides is 1. The van der Waals surface area contributed by atoms with E-state index in [1.54, 1.807) is 5.51 Å². The van der Waals surface area contributed by atoms with Crippen LogP contribution >= 0.6 is 11.3 Å². The zero-order valence-corrected chi connectivity index (χ0v) is 17.3. The summed E-state index contributed by atoms with van der Waals surface area (Å²) in [4.78, 5) is 30.0. The maximum atomic E-state index is 12.6. The second-order valence-electron chi connectivity index (χ2n) is 7.28. The van der Waals surface area contributed by atoms with Crippen molar-refractivity contribution in [3.8, 4) is 0 Å². The first-order valence-corrected chi connectivity index (χ1v) is 10.5. The van der Waals surface area contributed by atoms with Gasteiger partial charge in [-0.15, -0.1) is 11.3 Å². The molecule has 0 spiro atoms. The minimum Gasteiger partial charge on any atom is -0.475 e. The van der Waals surface area contributed by atoms with Crippen molar-refractivity contribution in [3.63, 3.8) is 0 Å². The Morgan fingerprint density at radius 1 is 1.19 bits per heavy atom. The first kappa shape index (κ1) is 23.2. The number of benzene rings is 1. The van der Waals surface area contributed by atoms with Gasteiger partial charge in [0, 0.05) is 44.0 Å². The van der Waals surface area contributed by atoms with Gasteiger partial charge in [-0.3, -0.25) is 9.69 Å². The molecule has 0 saturated carbocycles. The summed E-state index contributed by atoms with van der Waals surface area (Å²) in [6, 6.07) is 10.5. The highest BCUT2D eigenvalue weighted by atomic mass is 32.1. The van der Waals surface area contributed by atoms with Crippen LogP contribution in [0.3, 0.4) is 0 Å². The zero-order chi connectivity index (χ0) is 22.4. The van der Waals surface area contributed by atoms with E-state index in [0.717, 1.165) is 26.2 Å². The molecule has 2 fully saturated rings. The monoisotopic (exact) mass is 457 g/mol. The van der Waals surface area contributed by atoms with E-state index >= 15 is 0 Å². The number of hydrogen-bond acceptors (Lipinski definition) is 6. The lowest BCUT2D eigenvalue weighted by atomic mass is 10.1. The molecule has 0 unspecified atom stereocenters. The molecular formula is C20H22F3N3O4S. The highest BCUT2D eigenvalue weighted by molar-refractivity contribution is 7.07. The molecule has 11 heteroatoms. The van der Waals surface area contributed by atoms with Gasteiger partial charge in [-0.05, 0) is 5.56 Å². The number of aromatic nitrogens is 1. The van der Waals surface area contributed by atoms with Crippen molar-refractivity contribution < 1.29 is 32.6 Å². The number of carbonyl (C=O) groups excluding carboxylic acids is 1. The van der Waals surface area contributed by atoms with Gasteiger partial charge < -0.3 is 14.7 Å². The maximum Gasteiger partial charge on any atom is 0.490 e. The predicted octanol–water partition coefficient (Wildman–Crippen LogP) is 2.75. The number of carboxylic acid groups (broad SMARTS) is 1. The van der Waals surface area contributed by atoms with Gasteiger partial charge in [-0.2, -0.15) is 13.2 Å². The van der Waals surface area contributed by atoms with Crippen molar-refractivity contribution in [2.45, 2.75) is 18.8 Å². The van der Waals surface area contributed by atoms with Crippen LogP contribution in [0.2, 0.25) is 0 Å². The largest absolute Gasteiger partial charge is 0.490 e. The minimum absolute atomic E-state index is 0.0296. The van der Waals surface area contributed by atoms with E-state index < -0.39 is 12.1 Å². The third kappa shape index (κ3) is 6.49. The van der Waals surface area contributed by atoms with Crippen molar-refractivity contribution in [1.29, 1.82) is 0 Å². The van der Waals surface area contributed by atoms with Crippen LogP contribution in [0.25, 0.3) is 0 Å². The highest BCUT2D eigenvalue weighted by Crippen LogP contribution is 2.25. The van der Waals surface area contributed by atoms with E-state index in [0.29, 0.717) is 24.8 Å². The molecule has 2 aromatic rings. The van der Waals surface area contributed by atoms with Gasteiger partial charge in [0.25, 0.3) is 5.91 Å². The second-order valence-corrected chi connectivity index (χ2v) is 8.00. The molecule has 2 aliphatic heterocycles. The van der Waals surface area contributed by atoms with E-state index in [2.05, 4.69) is 34.1 Å². The van der Waals surface area contributed by atoms with Gasteiger partial charge in [-0.1, -0.05) is 30.3 Å². The van der Waals surface area contributed by atoms with Crippen LogP contribution < -0.4 is 0 Å². The second kappa shape index (κ2) is 10.2. The molecule has 7 nitrogen and oxygen atoms in total. The third-order valence-corrected chi connectivity index (χ3v) is 5.62. The summed E-state index contributed by atoms with van der Waals surface area (Å²) in [5.41, 5.74) is 3.59. The van der Waals surface area contributed by atoms with Crippen LogP contribution in [0, 0.1) is 5.92 Å². The lowest BCUT2D eigenvalue weighted by Gasteiger charge is -2.23. The summed E-state index contributed by atoms with van der Waals surface area (Å²) in [6.45, 7) is 4.88. The number of nitrogens with zero attached hydrogens (tertiary/aromatic N) is 3. The average molecular weight is 457 g/mol. The van der Waals surface area contributed by atoms with E-state index in [-0.39, 0.29) is 12.0 Å². The Morgan fingerprint density at radius 3 is 2.52 bits per heavy atom. The first-order chi connectivity index (χ1) is 14.7. The molecule has 31 heavy (non-hydrogen) atoms. The van der Waals surface area contributed by atoms with Crippen molar-refractivity contribution in [2.24, 2.45) is 5.92 Å². The number of fused-ring (bicyclic) bond motifs is 1. The van der Waals surface area contributed by atoms with Crippen LogP contribution in [0.5, 0.6) is 0 Å². The van der Waals surface area contributed by atoms with Crippen LogP contribution in [-0.4, -0.2) is 76.8 Å². The van der Waals surface area contributed by atoms with Crippen LogP contribution in [0.4, 0.5) is 13.2 Å². The molecule has 2 aliphatic rings. The molecule has 0 radical (unpaired) electrons. The number of alkyl halides is 3. The quantitative estimate of drug-likeness (QED) is 0.763. The molecule has 1 aromatic heterocycles. The fourth-order valence-electron chi connectivity index (χ4n) is 3.62. The zero-order valence-electron chi connectivity index (χ0n) is 16.5. The lowest BCUT2D eigenvalue weighted by Crippen LogP contribution is -2.37. The Hall–Kier alpha value is -2.50. The van der Waals surface area contributed by atoms with Crippen LogP contribution in [-0.2, 0) is 16.1 Å². The SMILES string of the molecule is O=C(O)C(F)(F)F.O=C(c1cscn1)N1CCO[C@@H]2CN(Cc3ccccc3)C[C@@H]2C1. The van der Waals surface area contributed by atoms with Gasteiger partial charge in [-0.25, -0.2) is 9.78 Å². The van der Waals surface area contributed by atoms with Gasteiger partial charge in [0.2, 0.25) is 0 Å². The van der Waals surface area contributed by atoms with E-state index in [4.69, 9.17) is 14.6 Å². The highest BCUT2D eigenvalue weighted by Gasteiger charge is 2.38. The number of thiazole rings is 1. The number of hydrogen-bond donors (Lipinski definition) is 1. The number of ether oxygens (including phenoxy) is 1. The molecule has 2 saturated heterocycles. The number of aliphatic carboxylic acids is 1. The van der Waals surface area contributed by atoms with E-state index in [1.807, 2.05) is 16.3 Å². The number of halogens is 3. The summed E-state index contributed by atoms with van der Waals surface area (Å²) in [5.74, 6) is -2.35. The van der Waals surface area contributed by atoms with Gasteiger partial charge in [0.15, 0.2) is 0 Å². The predicted molar refractivity (Wildman–Crippen MR) is 107 cm³/mol. The summed E-state index contributed by atoms with van der Waals surface area (Å²) < 4.78 is 37.8. The molecule has 0 bridgehead atoms. The van der Waals surface area contributed by atoms with Crippen LogP contribution in [0.1, 0.15) is 16.1 Å². The Labute approximate surface area is 181 Å². The summed E-state index contributed by atoms with van der Waals surface area (Å²) >= 11 is 1.46. The molecule has 1 N–H and O–H groups in total. The number of likely N-dealkylation sites (tertiary alicyclic amines) is 1. The van der Waals surface area contributed by atoms with E-state index in [1.165, 1.54) is 16.9 Å². The van der Waals surface area contributed by atoms with Crippen molar-refractivity contribution in [2.75, 3.05) is 32.8 Å². The Balaban J connectivity index is 0.000000339. The molecule has 3 heterocycles. The smallest absolute Gasteiger partial charge is 0.475 e. The van der Waals surface area contributed by atoms with Gasteiger partial charge >= 0.3 is 12.1 Å². The average Bonchev–Trinajstić information content (AvgIpc) is 3.34. The lowest BCUT2D eigenvalue weighted by molar-refractivity contribution is -0.192. The maximum absolute atomic E-state index is 12.6. The van der Waals surface area contributed by atoms with Crippen molar-refractivity contribution in [1.82, 2.24) is 14.8 Å². The Kier molecular flexibility index (Phi) is 7.63. The minimum atomic E-state index is -5.08. The summed E-state index contributed by atoms with van der Waals surface area (Å²) in [7, 11) is 0. The summed E-state index contributed by atoms with van der Waals surface area (Å²) in [5, 5.41) is 8.95. The molecular weight excluding hydrogens is 435 g/mol. The van der Waals surface area contributed by atoms with Crippen LogP contribution in [0.15, 0.2) is 41.2 Å². The number of rotatable bonds is 3. The number of carbonyl (C=O) groups is 2. The molecule has 0 aliphatic carbocycles. The molecule has 1 aromatic carbocycles. The van der Waals surface area contributed by atoms with Gasteiger partial charge in [0.05, 0.1) is 18.2 Å². The first-order valence-electron chi connectivity index (χ1n) is 9.59. The molecule has 2 atom stereocenters.